The maximum Gasteiger partial charge on any atom is 0.147 e. The van der Waals surface area contributed by atoms with Gasteiger partial charge in [0.1, 0.15) is 5.82 Å². The molecular formula is C16H15FN2OS. The molecule has 2 aromatic rings. The average Bonchev–Trinajstić information content (AvgIpc) is 3.27. The van der Waals surface area contributed by atoms with Crippen LogP contribution in [0.3, 0.4) is 0 Å². The smallest absolute Gasteiger partial charge is 0.147 e. The summed E-state index contributed by atoms with van der Waals surface area (Å²) in [4.78, 5) is 0. The van der Waals surface area contributed by atoms with E-state index >= 15 is 0 Å². The highest BCUT2D eigenvalue weighted by Gasteiger charge is 2.31. The number of benzene rings is 2. The van der Waals surface area contributed by atoms with Crippen LogP contribution in [0.25, 0.3) is 0 Å². The van der Waals surface area contributed by atoms with Gasteiger partial charge < -0.3 is 4.74 Å². The minimum absolute atomic E-state index is 0.202. The Balaban J connectivity index is 1.65. The van der Waals surface area contributed by atoms with Crippen molar-refractivity contribution in [2.24, 2.45) is 0 Å². The minimum Gasteiger partial charge on any atom is -0.373 e. The van der Waals surface area contributed by atoms with Crippen LogP contribution < -0.4 is 8.61 Å². The topological polar surface area (TPSA) is 19.0 Å². The molecular weight excluding hydrogens is 287 g/mol. The van der Waals surface area contributed by atoms with Gasteiger partial charge in [0.2, 0.25) is 0 Å². The molecule has 0 aliphatic carbocycles. The molecule has 2 heterocycles. The molecule has 21 heavy (non-hydrogen) atoms. The Bertz CT molecular complexity index is 662. The normalized spacial score (nSPS) is 19.8. The first-order chi connectivity index (χ1) is 10.3. The van der Waals surface area contributed by atoms with Crippen molar-refractivity contribution in [2.45, 2.75) is 12.5 Å². The van der Waals surface area contributed by atoms with E-state index in [4.69, 9.17) is 4.74 Å². The van der Waals surface area contributed by atoms with Crippen molar-refractivity contribution in [2.75, 3.05) is 21.8 Å². The monoisotopic (exact) mass is 302 g/mol. The maximum absolute atomic E-state index is 14.1. The number of para-hydroxylation sites is 3. The molecule has 108 valence electrons. The van der Waals surface area contributed by atoms with E-state index in [0.29, 0.717) is 11.8 Å². The van der Waals surface area contributed by atoms with E-state index in [0.717, 1.165) is 30.9 Å². The highest BCUT2D eigenvalue weighted by molar-refractivity contribution is 8.02. The fourth-order valence-corrected chi connectivity index (χ4v) is 3.59. The molecule has 2 aliphatic heterocycles. The summed E-state index contributed by atoms with van der Waals surface area (Å²) in [6.07, 6.45) is 1.41. The molecule has 0 N–H and O–H groups in total. The second-order valence-corrected chi connectivity index (χ2v) is 6.13. The summed E-state index contributed by atoms with van der Waals surface area (Å²) in [6.45, 7) is 1.77. The molecule has 3 nitrogen and oxygen atoms in total. The summed E-state index contributed by atoms with van der Waals surface area (Å²) in [5, 5.41) is 0. The zero-order valence-corrected chi connectivity index (χ0v) is 12.2. The van der Waals surface area contributed by atoms with Gasteiger partial charge in [-0.2, -0.15) is 0 Å². The van der Waals surface area contributed by atoms with E-state index in [9.17, 15) is 4.39 Å². The van der Waals surface area contributed by atoms with Crippen LogP contribution in [0.5, 0.6) is 0 Å². The summed E-state index contributed by atoms with van der Waals surface area (Å²) < 4.78 is 23.5. The van der Waals surface area contributed by atoms with E-state index in [1.54, 1.807) is 18.2 Å². The zero-order chi connectivity index (χ0) is 14.2. The lowest BCUT2D eigenvalue weighted by molar-refractivity contribution is 0.399. The fourth-order valence-electron chi connectivity index (χ4n) is 2.48. The molecule has 0 aromatic heterocycles. The number of halogens is 1. The standard InChI is InChI=1S/C16H15FN2OS/c17-13-5-1-2-6-14(13)19-16-8-4-3-7-15(16)18(21-19)10-9-12-11-20-12/h1-8,12H,9-11H2. The molecule has 4 rings (SSSR count). The molecule has 0 radical (unpaired) electrons. The first kappa shape index (κ1) is 13.0. The van der Waals surface area contributed by atoms with E-state index in [1.807, 2.05) is 34.6 Å². The SMILES string of the molecule is Fc1ccccc1N1SN(CCC2CO2)c2ccccc21. The summed E-state index contributed by atoms with van der Waals surface area (Å²) in [7, 11) is 0. The molecule has 1 atom stereocenters. The first-order valence-corrected chi connectivity index (χ1v) is 7.77. The zero-order valence-electron chi connectivity index (χ0n) is 11.4. The number of fused-ring (bicyclic) bond motifs is 1. The van der Waals surface area contributed by atoms with Gasteiger partial charge in [0.05, 0.1) is 41.9 Å². The third-order valence-corrected chi connectivity index (χ3v) is 4.81. The Morgan fingerprint density at radius 1 is 1.05 bits per heavy atom. The lowest BCUT2D eigenvalue weighted by Gasteiger charge is -2.19. The highest BCUT2D eigenvalue weighted by Crippen LogP contribution is 2.49. The number of anilines is 3. The van der Waals surface area contributed by atoms with Crippen LogP contribution in [-0.4, -0.2) is 19.3 Å². The van der Waals surface area contributed by atoms with E-state index < -0.39 is 0 Å². The van der Waals surface area contributed by atoms with Gasteiger partial charge in [0, 0.05) is 6.54 Å². The Morgan fingerprint density at radius 3 is 2.43 bits per heavy atom. The van der Waals surface area contributed by atoms with E-state index in [1.165, 1.54) is 6.07 Å². The van der Waals surface area contributed by atoms with Gasteiger partial charge in [-0.1, -0.05) is 24.3 Å². The van der Waals surface area contributed by atoms with Crippen molar-refractivity contribution >= 4 is 29.2 Å². The van der Waals surface area contributed by atoms with Crippen LogP contribution in [0, 0.1) is 5.82 Å². The molecule has 5 heteroatoms. The van der Waals surface area contributed by atoms with Crippen LogP contribution in [0.4, 0.5) is 21.5 Å². The lowest BCUT2D eigenvalue weighted by Crippen LogP contribution is -2.16. The van der Waals surface area contributed by atoms with E-state index in [-0.39, 0.29) is 5.82 Å². The summed E-state index contributed by atoms with van der Waals surface area (Å²) in [5.74, 6) is -0.202. The van der Waals surface area contributed by atoms with Crippen molar-refractivity contribution in [3.05, 3.63) is 54.3 Å². The van der Waals surface area contributed by atoms with Crippen LogP contribution in [0.2, 0.25) is 0 Å². The summed E-state index contributed by atoms with van der Waals surface area (Å²) >= 11 is 1.55. The predicted molar refractivity (Wildman–Crippen MR) is 84.3 cm³/mol. The number of hydrogen-bond donors (Lipinski definition) is 0. The number of ether oxygens (including phenoxy) is 1. The Hall–Kier alpha value is -1.72. The quantitative estimate of drug-likeness (QED) is 0.624. The third-order valence-electron chi connectivity index (χ3n) is 3.68. The Morgan fingerprint density at radius 2 is 1.71 bits per heavy atom. The molecule has 1 fully saturated rings. The molecule has 2 aliphatic rings. The van der Waals surface area contributed by atoms with Crippen molar-refractivity contribution in [1.29, 1.82) is 0 Å². The van der Waals surface area contributed by atoms with Gasteiger partial charge in [-0.15, -0.1) is 0 Å². The molecule has 1 unspecified atom stereocenters. The van der Waals surface area contributed by atoms with Gasteiger partial charge in [0.15, 0.2) is 0 Å². The van der Waals surface area contributed by atoms with Gasteiger partial charge in [-0.05, 0) is 30.7 Å². The van der Waals surface area contributed by atoms with E-state index in [2.05, 4.69) is 10.4 Å². The number of nitrogens with zero attached hydrogens (tertiary/aromatic N) is 2. The van der Waals surface area contributed by atoms with Gasteiger partial charge in [-0.25, -0.2) is 4.39 Å². The van der Waals surface area contributed by atoms with Crippen LogP contribution in [-0.2, 0) is 4.74 Å². The lowest BCUT2D eigenvalue weighted by atomic mass is 10.2. The van der Waals surface area contributed by atoms with Crippen LogP contribution >= 0.6 is 12.1 Å². The van der Waals surface area contributed by atoms with Crippen molar-refractivity contribution < 1.29 is 9.13 Å². The average molecular weight is 302 g/mol. The Kier molecular flexibility index (Phi) is 3.24. The molecule has 1 saturated heterocycles. The predicted octanol–water partition coefficient (Wildman–Crippen LogP) is 4.14. The number of rotatable bonds is 4. The third kappa shape index (κ3) is 2.47. The van der Waals surface area contributed by atoms with Crippen LogP contribution in [0.15, 0.2) is 48.5 Å². The molecule has 2 aromatic carbocycles. The molecule has 0 amide bonds. The largest absolute Gasteiger partial charge is 0.373 e. The second kappa shape index (κ2) is 5.24. The molecule has 0 bridgehead atoms. The summed E-state index contributed by atoms with van der Waals surface area (Å²) in [6, 6.07) is 15.0. The van der Waals surface area contributed by atoms with Gasteiger partial charge in [-0.3, -0.25) is 8.61 Å². The second-order valence-electron chi connectivity index (χ2n) is 5.16. The fraction of sp³-hybridized carbons (Fsp3) is 0.250. The number of epoxide rings is 1. The first-order valence-electron chi connectivity index (χ1n) is 7.04. The summed E-state index contributed by atoms with van der Waals surface area (Å²) in [5.41, 5.74) is 2.76. The van der Waals surface area contributed by atoms with Gasteiger partial charge in [0.25, 0.3) is 0 Å². The number of hydrogen-bond acceptors (Lipinski definition) is 4. The van der Waals surface area contributed by atoms with Crippen LogP contribution in [0.1, 0.15) is 6.42 Å². The van der Waals surface area contributed by atoms with Crippen molar-refractivity contribution in [1.82, 2.24) is 0 Å². The van der Waals surface area contributed by atoms with Crippen molar-refractivity contribution in [3.63, 3.8) is 0 Å². The molecule has 0 saturated carbocycles. The maximum atomic E-state index is 14.1. The van der Waals surface area contributed by atoms with Gasteiger partial charge >= 0.3 is 0 Å². The Labute approximate surface area is 127 Å². The molecule has 0 spiro atoms. The highest BCUT2D eigenvalue weighted by atomic mass is 32.2. The minimum atomic E-state index is -0.202. The van der Waals surface area contributed by atoms with Crippen molar-refractivity contribution in [3.8, 4) is 0 Å².